The number of hydrogen-bond acceptors (Lipinski definition) is 3. The number of benzene rings is 2. The van der Waals surface area contributed by atoms with Gasteiger partial charge in [0.15, 0.2) is 5.82 Å². The molecule has 0 saturated heterocycles. The maximum absolute atomic E-state index is 13.1. The summed E-state index contributed by atoms with van der Waals surface area (Å²) in [6, 6.07) is 20.1. The molecule has 0 fully saturated rings. The van der Waals surface area contributed by atoms with Crippen LogP contribution in [0.1, 0.15) is 36.1 Å². The number of hydrogen-bond donors (Lipinski definition) is 0. The lowest BCUT2D eigenvalue weighted by Crippen LogP contribution is -2.39. The Morgan fingerprint density at radius 1 is 1.07 bits per heavy atom. The molecule has 3 aromatic rings. The molecule has 1 aromatic heterocycles. The van der Waals surface area contributed by atoms with E-state index >= 15 is 0 Å². The van der Waals surface area contributed by atoms with Gasteiger partial charge in [0.2, 0.25) is 5.91 Å². The zero-order chi connectivity index (χ0) is 18.6. The molecule has 0 bridgehead atoms. The van der Waals surface area contributed by atoms with E-state index in [0.29, 0.717) is 13.1 Å². The smallest absolute Gasteiger partial charge is 0.230 e. The minimum atomic E-state index is -0.0859. The number of fused-ring (bicyclic) bond motifs is 1. The summed E-state index contributed by atoms with van der Waals surface area (Å²) in [5.74, 6) is 0.864. The van der Waals surface area contributed by atoms with E-state index in [9.17, 15) is 4.79 Å². The van der Waals surface area contributed by atoms with E-state index in [1.54, 1.807) is 0 Å². The van der Waals surface area contributed by atoms with Crippen LogP contribution in [0.3, 0.4) is 0 Å². The minimum absolute atomic E-state index is 0.0859. The minimum Gasteiger partial charge on any atom is -0.337 e. The quantitative estimate of drug-likeness (QED) is 0.702. The lowest BCUT2D eigenvalue weighted by molar-refractivity contribution is -0.133. The van der Waals surface area contributed by atoms with Gasteiger partial charge in [-0.15, -0.1) is 0 Å². The van der Waals surface area contributed by atoms with Gasteiger partial charge < -0.3 is 4.90 Å². The third-order valence-corrected chi connectivity index (χ3v) is 5.19. The average molecular weight is 357 g/mol. The molecule has 4 heteroatoms. The van der Waals surface area contributed by atoms with Crippen molar-refractivity contribution in [3.8, 4) is 11.4 Å². The van der Waals surface area contributed by atoms with E-state index in [1.807, 2.05) is 71.8 Å². The molecule has 27 heavy (non-hydrogen) atoms. The van der Waals surface area contributed by atoms with Crippen LogP contribution in [0.15, 0.2) is 66.9 Å². The molecule has 1 unspecified atom stereocenters. The summed E-state index contributed by atoms with van der Waals surface area (Å²) in [7, 11) is 0. The normalized spacial score (nSPS) is 14.5. The molecule has 0 aliphatic carbocycles. The van der Waals surface area contributed by atoms with Crippen molar-refractivity contribution in [3.63, 3.8) is 0 Å². The fourth-order valence-electron chi connectivity index (χ4n) is 3.69. The molecule has 0 spiro atoms. The first-order chi connectivity index (χ1) is 13.3. The Balaban J connectivity index is 1.54. The number of aromatic nitrogens is 2. The predicted octanol–water partition coefficient (Wildman–Crippen LogP) is 4.22. The van der Waals surface area contributed by atoms with E-state index in [1.165, 1.54) is 0 Å². The molecule has 0 N–H and O–H groups in total. The van der Waals surface area contributed by atoms with Crippen LogP contribution in [0, 0.1) is 0 Å². The largest absolute Gasteiger partial charge is 0.337 e. The Morgan fingerprint density at radius 3 is 2.48 bits per heavy atom. The number of carbonyl (C=O) groups is 1. The maximum atomic E-state index is 13.1. The van der Waals surface area contributed by atoms with E-state index in [0.717, 1.165) is 41.1 Å². The van der Waals surface area contributed by atoms with Crippen LogP contribution in [0.4, 0.5) is 0 Å². The predicted molar refractivity (Wildman–Crippen MR) is 106 cm³/mol. The summed E-state index contributed by atoms with van der Waals surface area (Å²) in [5, 5.41) is 0. The Hall–Kier alpha value is -3.01. The van der Waals surface area contributed by atoms with Crippen molar-refractivity contribution in [2.24, 2.45) is 0 Å². The average Bonchev–Trinajstić information content (AvgIpc) is 2.75. The maximum Gasteiger partial charge on any atom is 0.230 e. The number of carbonyl (C=O) groups excluding carboxylic acids is 1. The first-order valence-corrected chi connectivity index (χ1v) is 9.50. The van der Waals surface area contributed by atoms with Gasteiger partial charge in [-0.25, -0.2) is 9.97 Å². The molecule has 2 heterocycles. The summed E-state index contributed by atoms with van der Waals surface area (Å²) in [6.45, 7) is 3.37. The second-order valence-electron chi connectivity index (χ2n) is 6.91. The van der Waals surface area contributed by atoms with Crippen LogP contribution < -0.4 is 0 Å². The summed E-state index contributed by atoms with van der Waals surface area (Å²) >= 11 is 0. The summed E-state index contributed by atoms with van der Waals surface area (Å²) in [4.78, 5) is 24.3. The molecule has 4 nitrogen and oxygen atoms in total. The van der Waals surface area contributed by atoms with Gasteiger partial charge in [-0.3, -0.25) is 4.79 Å². The summed E-state index contributed by atoms with van der Waals surface area (Å²) < 4.78 is 0. The number of rotatable bonds is 4. The summed E-state index contributed by atoms with van der Waals surface area (Å²) in [6.07, 6.45) is 3.46. The van der Waals surface area contributed by atoms with Crippen LogP contribution in [0.2, 0.25) is 0 Å². The molecule has 1 amide bonds. The van der Waals surface area contributed by atoms with Crippen molar-refractivity contribution in [1.82, 2.24) is 14.9 Å². The van der Waals surface area contributed by atoms with Crippen LogP contribution >= 0.6 is 0 Å². The van der Waals surface area contributed by atoms with Crippen LogP contribution in [0.25, 0.3) is 11.4 Å². The number of nitrogens with zero attached hydrogens (tertiary/aromatic N) is 3. The standard InChI is InChI=1S/C23H23N3O/c1-2-20(17-9-5-3-6-10-17)23(27)26-14-13-21-19(16-26)15-24-22(25-21)18-11-7-4-8-12-18/h3-12,15,20H,2,13-14,16H2,1H3. The monoisotopic (exact) mass is 357 g/mol. The van der Waals surface area contributed by atoms with Crippen molar-refractivity contribution < 1.29 is 4.79 Å². The Labute approximate surface area is 159 Å². The van der Waals surface area contributed by atoms with E-state index in [4.69, 9.17) is 4.98 Å². The summed E-state index contributed by atoms with van der Waals surface area (Å²) in [5.41, 5.74) is 4.22. The Bertz CT molecular complexity index is 925. The first-order valence-electron chi connectivity index (χ1n) is 9.50. The van der Waals surface area contributed by atoms with Gasteiger partial charge >= 0.3 is 0 Å². The van der Waals surface area contributed by atoms with Crippen molar-refractivity contribution in [2.45, 2.75) is 32.2 Å². The molecule has 1 aliphatic heterocycles. The molecule has 1 atom stereocenters. The van der Waals surface area contributed by atoms with Crippen LogP contribution in [-0.4, -0.2) is 27.3 Å². The fraction of sp³-hybridized carbons (Fsp3) is 0.261. The molecule has 136 valence electrons. The van der Waals surface area contributed by atoms with Gasteiger partial charge in [0.25, 0.3) is 0 Å². The lowest BCUT2D eigenvalue weighted by atomic mass is 9.94. The van der Waals surface area contributed by atoms with Crippen LogP contribution in [-0.2, 0) is 17.8 Å². The molecular weight excluding hydrogens is 334 g/mol. The van der Waals surface area contributed by atoms with Gasteiger partial charge in [0, 0.05) is 36.8 Å². The third-order valence-electron chi connectivity index (χ3n) is 5.19. The fourth-order valence-corrected chi connectivity index (χ4v) is 3.69. The van der Waals surface area contributed by atoms with Crippen molar-refractivity contribution in [1.29, 1.82) is 0 Å². The second-order valence-corrected chi connectivity index (χ2v) is 6.91. The second kappa shape index (κ2) is 7.70. The first kappa shape index (κ1) is 17.4. The Morgan fingerprint density at radius 2 is 1.78 bits per heavy atom. The molecule has 4 rings (SSSR count). The third kappa shape index (κ3) is 3.61. The number of amides is 1. The van der Waals surface area contributed by atoms with Crippen LogP contribution in [0.5, 0.6) is 0 Å². The van der Waals surface area contributed by atoms with Gasteiger partial charge in [-0.05, 0) is 12.0 Å². The van der Waals surface area contributed by atoms with Gasteiger partial charge in [-0.2, -0.15) is 0 Å². The highest BCUT2D eigenvalue weighted by Gasteiger charge is 2.28. The van der Waals surface area contributed by atoms with E-state index in [2.05, 4.69) is 11.9 Å². The topological polar surface area (TPSA) is 46.1 Å². The van der Waals surface area contributed by atoms with E-state index < -0.39 is 0 Å². The molecule has 0 radical (unpaired) electrons. The molecule has 1 aliphatic rings. The molecular formula is C23H23N3O. The lowest BCUT2D eigenvalue weighted by Gasteiger charge is -2.31. The van der Waals surface area contributed by atoms with E-state index in [-0.39, 0.29) is 11.8 Å². The molecule has 2 aromatic carbocycles. The zero-order valence-corrected chi connectivity index (χ0v) is 15.5. The zero-order valence-electron chi connectivity index (χ0n) is 15.5. The van der Waals surface area contributed by atoms with Crippen molar-refractivity contribution in [3.05, 3.63) is 83.7 Å². The van der Waals surface area contributed by atoms with Crippen molar-refractivity contribution in [2.75, 3.05) is 6.54 Å². The van der Waals surface area contributed by atoms with Gasteiger partial charge in [-0.1, -0.05) is 67.6 Å². The SMILES string of the molecule is CCC(C(=O)N1CCc2nc(-c3ccccc3)ncc2C1)c1ccccc1. The highest BCUT2D eigenvalue weighted by atomic mass is 16.2. The highest BCUT2D eigenvalue weighted by molar-refractivity contribution is 5.84. The highest BCUT2D eigenvalue weighted by Crippen LogP contribution is 2.26. The van der Waals surface area contributed by atoms with Gasteiger partial charge in [0.1, 0.15) is 0 Å². The molecule has 0 saturated carbocycles. The Kier molecular flexibility index (Phi) is 4.97. The van der Waals surface area contributed by atoms with Gasteiger partial charge in [0.05, 0.1) is 11.6 Å². The van der Waals surface area contributed by atoms with Crippen molar-refractivity contribution >= 4 is 5.91 Å².